The summed E-state index contributed by atoms with van der Waals surface area (Å²) in [6.07, 6.45) is 1.61. The zero-order chi connectivity index (χ0) is 24.3. The van der Waals surface area contributed by atoms with Crippen LogP contribution in [-0.2, 0) is 0 Å². The first-order chi connectivity index (χ1) is 18.4. The summed E-state index contributed by atoms with van der Waals surface area (Å²) in [4.78, 5) is 14.2. The standard InChI is InChI=1S/C33H20N4/c1-2-11-24-22(9-1)23-10-3-4-12-25(23)29-19-21(17-18-26(24)29)32-34-20-35-33(36-32)37-30-15-7-5-13-27(30)28-14-6-8-16-31(28)37/h1-20H. The fourth-order valence-corrected chi connectivity index (χ4v) is 5.72. The summed E-state index contributed by atoms with van der Waals surface area (Å²) in [7, 11) is 0. The third kappa shape index (κ3) is 2.93. The lowest BCUT2D eigenvalue weighted by Gasteiger charge is -2.12. The van der Waals surface area contributed by atoms with Gasteiger partial charge in [-0.25, -0.2) is 9.97 Å². The van der Waals surface area contributed by atoms with Gasteiger partial charge in [0.2, 0.25) is 5.95 Å². The molecule has 37 heavy (non-hydrogen) atoms. The lowest BCUT2D eigenvalue weighted by atomic mass is 9.93. The Kier molecular flexibility index (Phi) is 4.19. The van der Waals surface area contributed by atoms with Crippen molar-refractivity contribution in [1.29, 1.82) is 0 Å². The molecule has 0 radical (unpaired) electrons. The van der Waals surface area contributed by atoms with Gasteiger partial charge in [0.1, 0.15) is 6.33 Å². The van der Waals surface area contributed by atoms with Crippen LogP contribution in [0.1, 0.15) is 0 Å². The van der Waals surface area contributed by atoms with Gasteiger partial charge in [0.15, 0.2) is 5.82 Å². The molecule has 0 spiro atoms. The van der Waals surface area contributed by atoms with Crippen molar-refractivity contribution in [2.45, 2.75) is 0 Å². The summed E-state index contributed by atoms with van der Waals surface area (Å²) in [5.41, 5.74) is 3.13. The Bertz CT molecular complexity index is 2070. The van der Waals surface area contributed by atoms with Gasteiger partial charge in [0.25, 0.3) is 0 Å². The average molecular weight is 473 g/mol. The van der Waals surface area contributed by atoms with Crippen molar-refractivity contribution in [3.63, 3.8) is 0 Å². The van der Waals surface area contributed by atoms with Crippen LogP contribution in [0.15, 0.2) is 122 Å². The van der Waals surface area contributed by atoms with Crippen molar-refractivity contribution in [2.24, 2.45) is 0 Å². The summed E-state index contributed by atoms with van der Waals surface area (Å²) in [6, 6.07) is 40.5. The van der Waals surface area contributed by atoms with Gasteiger partial charge in [0, 0.05) is 16.3 Å². The van der Waals surface area contributed by atoms with Crippen LogP contribution >= 0.6 is 0 Å². The van der Waals surface area contributed by atoms with Crippen molar-refractivity contribution in [1.82, 2.24) is 19.5 Å². The van der Waals surface area contributed by atoms with Gasteiger partial charge in [0.05, 0.1) is 11.0 Å². The average Bonchev–Trinajstić information content (AvgIpc) is 3.32. The quantitative estimate of drug-likeness (QED) is 0.239. The largest absolute Gasteiger partial charge is 0.278 e. The second-order valence-electron chi connectivity index (χ2n) is 9.33. The third-order valence-electron chi connectivity index (χ3n) is 7.34. The molecule has 0 bridgehead atoms. The van der Waals surface area contributed by atoms with E-state index in [2.05, 4.69) is 130 Å². The minimum atomic E-state index is 0.617. The first kappa shape index (κ1) is 20.1. The highest BCUT2D eigenvalue weighted by Gasteiger charge is 2.15. The van der Waals surface area contributed by atoms with Gasteiger partial charge < -0.3 is 0 Å². The maximum absolute atomic E-state index is 4.98. The number of para-hydroxylation sites is 2. The lowest BCUT2D eigenvalue weighted by Crippen LogP contribution is -2.03. The summed E-state index contributed by atoms with van der Waals surface area (Å²) < 4.78 is 2.12. The van der Waals surface area contributed by atoms with Gasteiger partial charge in [-0.3, -0.25) is 4.57 Å². The third-order valence-corrected chi connectivity index (χ3v) is 7.34. The summed E-state index contributed by atoms with van der Waals surface area (Å²) in [5.74, 6) is 1.27. The molecule has 0 aliphatic rings. The molecular formula is C33H20N4. The van der Waals surface area contributed by atoms with Crippen LogP contribution in [-0.4, -0.2) is 19.5 Å². The molecule has 4 nitrogen and oxygen atoms in total. The van der Waals surface area contributed by atoms with Gasteiger partial charge in [-0.1, -0.05) is 97.1 Å². The molecule has 8 aromatic rings. The van der Waals surface area contributed by atoms with E-state index in [0.29, 0.717) is 11.8 Å². The Labute approximate surface area is 212 Å². The predicted molar refractivity (Wildman–Crippen MR) is 152 cm³/mol. The molecule has 0 aliphatic heterocycles. The topological polar surface area (TPSA) is 43.6 Å². The van der Waals surface area contributed by atoms with Crippen LogP contribution in [0, 0.1) is 0 Å². The molecule has 0 amide bonds. The van der Waals surface area contributed by atoms with Crippen LogP contribution in [0.5, 0.6) is 0 Å². The highest BCUT2D eigenvalue weighted by molar-refractivity contribution is 6.25. The number of fused-ring (bicyclic) bond motifs is 9. The van der Waals surface area contributed by atoms with Gasteiger partial charge in [-0.15, -0.1) is 0 Å². The maximum atomic E-state index is 4.98. The Morgan fingerprint density at radius 1 is 0.432 bits per heavy atom. The molecule has 2 aromatic heterocycles. The number of benzene rings is 6. The van der Waals surface area contributed by atoms with Gasteiger partial charge >= 0.3 is 0 Å². The molecule has 0 unspecified atom stereocenters. The van der Waals surface area contributed by atoms with E-state index in [0.717, 1.165) is 16.6 Å². The molecule has 8 rings (SSSR count). The van der Waals surface area contributed by atoms with Gasteiger partial charge in [-0.2, -0.15) is 4.98 Å². The van der Waals surface area contributed by atoms with Crippen molar-refractivity contribution in [3.8, 4) is 17.3 Å². The highest BCUT2D eigenvalue weighted by Crippen LogP contribution is 2.37. The van der Waals surface area contributed by atoms with E-state index < -0.39 is 0 Å². The minimum absolute atomic E-state index is 0.617. The van der Waals surface area contributed by atoms with Crippen molar-refractivity contribution < 1.29 is 0 Å². The minimum Gasteiger partial charge on any atom is -0.278 e. The molecule has 2 heterocycles. The highest BCUT2D eigenvalue weighted by atomic mass is 15.2. The number of nitrogens with zero attached hydrogens (tertiary/aromatic N) is 4. The molecule has 0 aliphatic carbocycles. The fraction of sp³-hybridized carbons (Fsp3) is 0. The second kappa shape index (κ2) is 7.70. The number of rotatable bonds is 2. The SMILES string of the molecule is c1ccc2c(c1)c1ccccc1c1cc(-c3ncnc(-n4c5ccccc5c5ccccc54)n3)ccc21. The smallest absolute Gasteiger partial charge is 0.238 e. The van der Waals surface area contributed by atoms with Crippen LogP contribution in [0.3, 0.4) is 0 Å². The molecule has 0 atom stereocenters. The predicted octanol–water partition coefficient (Wildman–Crippen LogP) is 8.10. The molecule has 172 valence electrons. The van der Waals surface area contributed by atoms with Crippen LogP contribution in [0.25, 0.3) is 71.5 Å². The molecular weight excluding hydrogens is 452 g/mol. The Balaban J connectivity index is 1.38. The summed E-state index contributed by atoms with van der Waals surface area (Å²) >= 11 is 0. The Morgan fingerprint density at radius 2 is 0.919 bits per heavy atom. The number of hydrogen-bond donors (Lipinski definition) is 0. The van der Waals surface area contributed by atoms with E-state index in [1.54, 1.807) is 6.33 Å². The first-order valence-electron chi connectivity index (χ1n) is 12.4. The maximum Gasteiger partial charge on any atom is 0.238 e. The van der Waals surface area contributed by atoms with Crippen molar-refractivity contribution in [3.05, 3.63) is 122 Å². The molecule has 4 heteroatoms. The van der Waals surface area contributed by atoms with E-state index in [1.807, 2.05) is 0 Å². The van der Waals surface area contributed by atoms with E-state index in [9.17, 15) is 0 Å². The zero-order valence-electron chi connectivity index (χ0n) is 19.8. The number of aromatic nitrogens is 4. The molecule has 0 saturated carbocycles. The first-order valence-corrected chi connectivity index (χ1v) is 12.4. The summed E-state index contributed by atoms with van der Waals surface area (Å²) in [5, 5.41) is 9.81. The van der Waals surface area contributed by atoms with E-state index >= 15 is 0 Å². The van der Waals surface area contributed by atoms with Gasteiger partial charge in [-0.05, 0) is 50.5 Å². The monoisotopic (exact) mass is 472 g/mol. The van der Waals surface area contributed by atoms with Crippen LogP contribution < -0.4 is 0 Å². The molecule has 0 fully saturated rings. The van der Waals surface area contributed by atoms with E-state index in [-0.39, 0.29) is 0 Å². The Hall–Kier alpha value is -5.09. The summed E-state index contributed by atoms with van der Waals surface area (Å²) in [6.45, 7) is 0. The van der Waals surface area contributed by atoms with Crippen LogP contribution in [0.4, 0.5) is 0 Å². The van der Waals surface area contributed by atoms with Crippen molar-refractivity contribution in [2.75, 3.05) is 0 Å². The van der Waals surface area contributed by atoms with E-state index in [4.69, 9.17) is 4.98 Å². The Morgan fingerprint density at radius 3 is 1.51 bits per heavy atom. The molecule has 6 aromatic carbocycles. The second-order valence-corrected chi connectivity index (χ2v) is 9.33. The normalized spacial score (nSPS) is 11.8. The number of hydrogen-bond acceptors (Lipinski definition) is 3. The van der Waals surface area contributed by atoms with E-state index in [1.165, 1.54) is 43.1 Å². The van der Waals surface area contributed by atoms with Crippen LogP contribution in [0.2, 0.25) is 0 Å². The van der Waals surface area contributed by atoms with Crippen molar-refractivity contribution >= 4 is 54.1 Å². The zero-order valence-corrected chi connectivity index (χ0v) is 19.8. The lowest BCUT2D eigenvalue weighted by molar-refractivity contribution is 0.947. The molecule has 0 N–H and O–H groups in total. The fourth-order valence-electron chi connectivity index (χ4n) is 5.72. The molecule has 0 saturated heterocycles.